The van der Waals surface area contributed by atoms with E-state index in [-0.39, 0.29) is 6.04 Å². The quantitative estimate of drug-likeness (QED) is 0.782. The molecule has 0 unspecified atom stereocenters. The number of nitrogens with zero attached hydrogens (tertiary/aromatic N) is 4. The van der Waals surface area contributed by atoms with Crippen molar-refractivity contribution in [1.82, 2.24) is 25.0 Å². The molecule has 0 spiro atoms. The summed E-state index contributed by atoms with van der Waals surface area (Å²) in [5.74, 6) is 1.94. The van der Waals surface area contributed by atoms with Crippen LogP contribution < -0.4 is 4.74 Å². The topological polar surface area (TPSA) is 68.6 Å². The van der Waals surface area contributed by atoms with E-state index in [9.17, 15) is 0 Å². The van der Waals surface area contributed by atoms with Crippen molar-refractivity contribution in [2.24, 2.45) is 0 Å². The van der Waals surface area contributed by atoms with Crippen molar-refractivity contribution in [1.29, 1.82) is 0 Å². The number of rotatable bonds is 5. The van der Waals surface area contributed by atoms with Crippen molar-refractivity contribution in [3.05, 3.63) is 47.4 Å². The van der Waals surface area contributed by atoms with Gasteiger partial charge in [0.25, 0.3) is 0 Å². The Hall–Kier alpha value is -2.34. The first-order valence-electron chi connectivity index (χ1n) is 6.97. The van der Waals surface area contributed by atoms with E-state index in [0.29, 0.717) is 29.0 Å². The molecule has 0 saturated heterocycles. The molecule has 0 atom stereocenters. The second kappa shape index (κ2) is 6.19. The summed E-state index contributed by atoms with van der Waals surface area (Å²) in [5, 5.41) is 12.0. The van der Waals surface area contributed by atoms with E-state index in [1.807, 2.05) is 22.9 Å². The molecule has 1 N–H and O–H groups in total. The average molecular weight is 318 g/mol. The van der Waals surface area contributed by atoms with Gasteiger partial charge in [-0.25, -0.2) is 4.98 Å². The van der Waals surface area contributed by atoms with Gasteiger partial charge in [0, 0.05) is 17.3 Å². The number of aromatic nitrogens is 5. The van der Waals surface area contributed by atoms with Crippen molar-refractivity contribution in [3.63, 3.8) is 0 Å². The van der Waals surface area contributed by atoms with Gasteiger partial charge in [0.15, 0.2) is 11.6 Å². The fraction of sp³-hybridized carbons (Fsp3) is 0.267. The van der Waals surface area contributed by atoms with E-state index in [1.165, 1.54) is 0 Å². The zero-order valence-electron chi connectivity index (χ0n) is 12.3. The second-order valence-electron chi connectivity index (χ2n) is 5.11. The highest BCUT2D eigenvalue weighted by molar-refractivity contribution is 6.30. The second-order valence-corrected chi connectivity index (χ2v) is 5.54. The number of hydrogen-bond donors (Lipinski definition) is 1. The van der Waals surface area contributed by atoms with Crippen LogP contribution in [0.15, 0.2) is 36.5 Å². The van der Waals surface area contributed by atoms with Crippen molar-refractivity contribution in [2.45, 2.75) is 26.5 Å². The third-order valence-corrected chi connectivity index (χ3v) is 3.33. The predicted octanol–water partition coefficient (Wildman–Crippen LogP) is 3.48. The van der Waals surface area contributed by atoms with Crippen LogP contribution in [0.3, 0.4) is 0 Å². The highest BCUT2D eigenvalue weighted by atomic mass is 35.5. The smallest absolute Gasteiger partial charge is 0.199 e. The Morgan fingerprint density at radius 2 is 2.18 bits per heavy atom. The molecule has 0 bridgehead atoms. The third-order valence-electron chi connectivity index (χ3n) is 3.09. The van der Waals surface area contributed by atoms with Crippen LogP contribution in [0.25, 0.3) is 11.5 Å². The van der Waals surface area contributed by atoms with Crippen LogP contribution in [0, 0.1) is 0 Å². The number of hydrogen-bond acceptors (Lipinski definition) is 4. The molecule has 0 aliphatic carbocycles. The molecule has 0 fully saturated rings. The van der Waals surface area contributed by atoms with Gasteiger partial charge in [0.2, 0.25) is 0 Å². The molecule has 114 valence electrons. The summed E-state index contributed by atoms with van der Waals surface area (Å²) in [6.45, 7) is 4.42. The van der Waals surface area contributed by atoms with E-state index in [1.54, 1.807) is 18.3 Å². The number of ether oxygens (including phenoxy) is 1. The van der Waals surface area contributed by atoms with E-state index in [2.05, 4.69) is 34.1 Å². The van der Waals surface area contributed by atoms with Gasteiger partial charge in [-0.05, 0) is 38.1 Å². The minimum atomic E-state index is 0.245. The fourth-order valence-electron chi connectivity index (χ4n) is 2.09. The lowest BCUT2D eigenvalue weighted by atomic mass is 10.3. The Morgan fingerprint density at radius 3 is 2.95 bits per heavy atom. The van der Waals surface area contributed by atoms with Crippen molar-refractivity contribution < 1.29 is 4.74 Å². The molecular weight excluding hydrogens is 302 g/mol. The molecule has 22 heavy (non-hydrogen) atoms. The zero-order chi connectivity index (χ0) is 15.5. The summed E-state index contributed by atoms with van der Waals surface area (Å²) in [5.41, 5.74) is 0.875. The monoisotopic (exact) mass is 317 g/mol. The van der Waals surface area contributed by atoms with Gasteiger partial charge < -0.3 is 4.74 Å². The molecule has 0 radical (unpaired) electrons. The first-order chi connectivity index (χ1) is 10.6. The van der Waals surface area contributed by atoms with Crippen molar-refractivity contribution in [2.75, 3.05) is 0 Å². The predicted molar refractivity (Wildman–Crippen MR) is 83.8 cm³/mol. The summed E-state index contributed by atoms with van der Waals surface area (Å²) in [7, 11) is 0. The van der Waals surface area contributed by atoms with E-state index in [4.69, 9.17) is 16.3 Å². The third kappa shape index (κ3) is 3.12. The SMILES string of the molecule is CC(C)n1nccc1-c1n[nH]c(COc2cccc(Cl)c2)n1. The molecule has 0 amide bonds. The molecule has 3 rings (SSSR count). The van der Waals surface area contributed by atoms with Crippen LogP contribution in [0.1, 0.15) is 25.7 Å². The van der Waals surface area contributed by atoms with Crippen LogP contribution in [0.2, 0.25) is 5.02 Å². The van der Waals surface area contributed by atoms with Gasteiger partial charge in [-0.15, -0.1) is 0 Å². The van der Waals surface area contributed by atoms with Gasteiger partial charge in [0.05, 0.1) is 0 Å². The maximum Gasteiger partial charge on any atom is 0.199 e. The van der Waals surface area contributed by atoms with Crippen molar-refractivity contribution >= 4 is 11.6 Å². The highest BCUT2D eigenvalue weighted by Gasteiger charge is 2.13. The minimum Gasteiger partial charge on any atom is -0.486 e. The lowest BCUT2D eigenvalue weighted by molar-refractivity contribution is 0.296. The number of aromatic amines is 1. The van der Waals surface area contributed by atoms with E-state index < -0.39 is 0 Å². The van der Waals surface area contributed by atoms with Gasteiger partial charge in [-0.2, -0.15) is 10.2 Å². The molecular formula is C15H16ClN5O. The standard InChI is InChI=1S/C15H16ClN5O/c1-10(2)21-13(6-7-17-21)15-18-14(19-20-15)9-22-12-5-3-4-11(16)8-12/h3-8,10H,9H2,1-2H3,(H,18,19,20). The number of benzene rings is 1. The van der Waals surface area contributed by atoms with E-state index >= 15 is 0 Å². The summed E-state index contributed by atoms with van der Waals surface area (Å²) >= 11 is 5.92. The lowest BCUT2D eigenvalue weighted by Gasteiger charge is -2.07. The Balaban J connectivity index is 1.72. The van der Waals surface area contributed by atoms with Crippen LogP contribution in [-0.4, -0.2) is 25.0 Å². The maximum absolute atomic E-state index is 5.92. The molecule has 1 aromatic carbocycles. The first kappa shape index (κ1) is 14.6. The van der Waals surface area contributed by atoms with Crippen LogP contribution in [0.5, 0.6) is 5.75 Å². The molecule has 0 aliphatic rings. The molecule has 3 aromatic rings. The van der Waals surface area contributed by atoms with Crippen molar-refractivity contribution in [3.8, 4) is 17.3 Å². The summed E-state index contributed by atoms with van der Waals surface area (Å²) in [4.78, 5) is 4.45. The largest absolute Gasteiger partial charge is 0.486 e. The Kier molecular flexibility index (Phi) is 4.11. The Morgan fingerprint density at radius 1 is 1.32 bits per heavy atom. The molecule has 2 heterocycles. The van der Waals surface area contributed by atoms with Gasteiger partial charge in [0.1, 0.15) is 18.1 Å². The lowest BCUT2D eigenvalue weighted by Crippen LogP contribution is -2.05. The highest BCUT2D eigenvalue weighted by Crippen LogP contribution is 2.20. The minimum absolute atomic E-state index is 0.245. The summed E-state index contributed by atoms with van der Waals surface area (Å²) in [6, 6.07) is 9.38. The first-order valence-corrected chi connectivity index (χ1v) is 7.35. The summed E-state index contributed by atoms with van der Waals surface area (Å²) < 4.78 is 7.52. The number of halogens is 1. The zero-order valence-corrected chi connectivity index (χ0v) is 13.1. The van der Waals surface area contributed by atoms with Gasteiger partial charge in [-0.1, -0.05) is 17.7 Å². The summed E-state index contributed by atoms with van der Waals surface area (Å²) in [6.07, 6.45) is 1.74. The molecule has 0 saturated carbocycles. The van der Waals surface area contributed by atoms with Crippen LogP contribution in [-0.2, 0) is 6.61 Å². The molecule has 7 heteroatoms. The molecule has 2 aromatic heterocycles. The van der Waals surface area contributed by atoms with Crippen LogP contribution >= 0.6 is 11.6 Å². The van der Waals surface area contributed by atoms with Crippen LogP contribution in [0.4, 0.5) is 0 Å². The average Bonchev–Trinajstić information content (AvgIpc) is 3.14. The van der Waals surface area contributed by atoms with Gasteiger partial charge in [-0.3, -0.25) is 9.78 Å². The van der Waals surface area contributed by atoms with Gasteiger partial charge >= 0.3 is 0 Å². The molecule has 0 aliphatic heterocycles. The molecule has 6 nitrogen and oxygen atoms in total. The number of H-pyrrole nitrogens is 1. The van der Waals surface area contributed by atoms with E-state index in [0.717, 1.165) is 5.69 Å². The fourth-order valence-corrected chi connectivity index (χ4v) is 2.27. The Labute approximate surface area is 133 Å². The normalized spacial score (nSPS) is 11.1. The number of nitrogens with one attached hydrogen (secondary N) is 1. The maximum atomic E-state index is 5.92. The Bertz CT molecular complexity index is 765.